The number of halogens is 3. The van der Waals surface area contributed by atoms with Crippen molar-refractivity contribution < 1.29 is 22.7 Å². The van der Waals surface area contributed by atoms with Gasteiger partial charge in [-0.2, -0.15) is 13.2 Å². The molecule has 0 saturated heterocycles. The predicted octanol–water partition coefficient (Wildman–Crippen LogP) is 5.08. The van der Waals surface area contributed by atoms with Crippen molar-refractivity contribution in [3.05, 3.63) is 63.9 Å². The molecule has 0 unspecified atom stereocenters. The minimum Gasteiger partial charge on any atom is -0.462 e. The fourth-order valence-electron chi connectivity index (χ4n) is 3.12. The molecule has 0 bridgehead atoms. The van der Waals surface area contributed by atoms with Crippen LogP contribution in [0.5, 0.6) is 0 Å². The van der Waals surface area contributed by atoms with Crippen LogP contribution in [0, 0.1) is 0 Å². The first-order valence-corrected chi connectivity index (χ1v) is 10.2. The molecule has 4 rings (SSSR count). The molecule has 1 saturated carbocycles. The van der Waals surface area contributed by atoms with Crippen LogP contribution in [0.2, 0.25) is 0 Å². The number of rotatable bonds is 5. The number of ether oxygens (including phenoxy) is 1. The molecule has 3 aromatic rings. The van der Waals surface area contributed by atoms with Crippen LogP contribution >= 0.6 is 11.8 Å². The third-order valence-electron chi connectivity index (χ3n) is 4.67. The van der Waals surface area contributed by atoms with E-state index in [2.05, 4.69) is 4.98 Å². The maximum absolute atomic E-state index is 13.8. The molecule has 0 atom stereocenters. The summed E-state index contributed by atoms with van der Waals surface area (Å²) in [5.74, 6) is -0.852. The second-order valence-corrected chi connectivity index (χ2v) is 7.92. The summed E-state index contributed by atoms with van der Waals surface area (Å²) in [6.07, 6.45) is -1.76. The molecule has 0 spiro atoms. The first-order chi connectivity index (χ1) is 14.3. The van der Waals surface area contributed by atoms with Crippen LogP contribution in [-0.2, 0) is 10.9 Å². The van der Waals surface area contributed by atoms with Gasteiger partial charge in [-0.15, -0.1) is 0 Å². The van der Waals surface area contributed by atoms with Crippen molar-refractivity contribution in [1.29, 1.82) is 0 Å². The number of fused-ring (bicyclic) bond motifs is 1. The summed E-state index contributed by atoms with van der Waals surface area (Å²) in [7, 11) is 0. The third-order valence-corrected chi connectivity index (χ3v) is 5.68. The number of esters is 1. The molecule has 1 aliphatic carbocycles. The molecule has 1 aliphatic rings. The van der Waals surface area contributed by atoms with Crippen LogP contribution in [0.25, 0.3) is 11.0 Å². The zero-order valence-electron chi connectivity index (χ0n) is 15.9. The highest BCUT2D eigenvalue weighted by Gasteiger charge is 2.37. The Kier molecular flexibility index (Phi) is 5.31. The summed E-state index contributed by atoms with van der Waals surface area (Å²) in [6, 6.07) is 9.38. The van der Waals surface area contributed by atoms with Gasteiger partial charge in [0.05, 0.1) is 17.6 Å². The van der Waals surface area contributed by atoms with Crippen molar-refractivity contribution in [2.45, 2.75) is 41.9 Å². The van der Waals surface area contributed by atoms with Crippen molar-refractivity contribution in [3.8, 4) is 0 Å². The van der Waals surface area contributed by atoms with E-state index in [1.165, 1.54) is 6.20 Å². The van der Waals surface area contributed by atoms with Gasteiger partial charge in [-0.05, 0) is 38.0 Å². The number of benzene rings is 1. The molecule has 1 fully saturated rings. The predicted molar refractivity (Wildman–Crippen MR) is 106 cm³/mol. The summed E-state index contributed by atoms with van der Waals surface area (Å²) in [5, 5.41) is -0.476. The highest BCUT2D eigenvalue weighted by atomic mass is 32.2. The number of aromatic nitrogens is 2. The number of alkyl halides is 3. The lowest BCUT2D eigenvalue weighted by atomic mass is 10.1. The summed E-state index contributed by atoms with van der Waals surface area (Å²) >= 11 is 0.883. The monoisotopic (exact) mass is 434 g/mol. The Hall–Kier alpha value is -2.81. The van der Waals surface area contributed by atoms with Crippen LogP contribution in [0.15, 0.2) is 57.3 Å². The number of nitrogens with zero attached hydrogens (tertiary/aromatic N) is 2. The van der Waals surface area contributed by atoms with E-state index in [0.717, 1.165) is 30.7 Å². The molecule has 30 heavy (non-hydrogen) atoms. The summed E-state index contributed by atoms with van der Waals surface area (Å²) in [6.45, 7) is 1.65. The molecule has 2 heterocycles. The summed E-state index contributed by atoms with van der Waals surface area (Å²) in [4.78, 5) is 29.9. The van der Waals surface area contributed by atoms with Gasteiger partial charge in [-0.25, -0.2) is 9.78 Å². The van der Waals surface area contributed by atoms with E-state index in [9.17, 15) is 22.8 Å². The lowest BCUT2D eigenvalue weighted by Gasteiger charge is -2.16. The van der Waals surface area contributed by atoms with Crippen molar-refractivity contribution in [2.75, 3.05) is 6.61 Å². The second-order valence-electron chi connectivity index (χ2n) is 6.86. The van der Waals surface area contributed by atoms with Gasteiger partial charge in [-0.1, -0.05) is 30.0 Å². The number of pyridine rings is 2. The van der Waals surface area contributed by atoms with Gasteiger partial charge in [0.2, 0.25) is 5.43 Å². The highest BCUT2D eigenvalue weighted by Crippen LogP contribution is 2.41. The van der Waals surface area contributed by atoms with Crippen molar-refractivity contribution in [2.24, 2.45) is 0 Å². The summed E-state index contributed by atoms with van der Waals surface area (Å²) in [5.41, 5.74) is -1.96. The lowest BCUT2D eigenvalue weighted by Crippen LogP contribution is -2.22. The van der Waals surface area contributed by atoms with Gasteiger partial charge in [0.1, 0.15) is 16.2 Å². The SMILES string of the molecule is CCOC(=O)c1cn(C2CC2)c2nc(Sc3ccccc3)c(C(F)(F)F)cc2c1=O. The number of hydrogen-bond donors (Lipinski definition) is 0. The van der Waals surface area contributed by atoms with Gasteiger partial charge >= 0.3 is 12.1 Å². The van der Waals surface area contributed by atoms with E-state index < -0.39 is 23.1 Å². The van der Waals surface area contributed by atoms with Crippen molar-refractivity contribution in [3.63, 3.8) is 0 Å². The molecule has 0 radical (unpaired) electrons. The molecule has 0 N–H and O–H groups in total. The van der Waals surface area contributed by atoms with Gasteiger partial charge in [0.15, 0.2) is 0 Å². The average molecular weight is 434 g/mol. The minimum atomic E-state index is -4.71. The largest absolute Gasteiger partial charge is 0.462 e. The molecular weight excluding hydrogens is 417 g/mol. The van der Waals surface area contributed by atoms with Crippen LogP contribution in [0.1, 0.15) is 41.7 Å². The fraction of sp³-hybridized carbons (Fsp3) is 0.286. The van der Waals surface area contributed by atoms with E-state index >= 15 is 0 Å². The molecule has 1 aromatic carbocycles. The van der Waals surface area contributed by atoms with E-state index in [1.54, 1.807) is 41.8 Å². The highest BCUT2D eigenvalue weighted by molar-refractivity contribution is 7.99. The quantitative estimate of drug-likeness (QED) is 0.524. The van der Waals surface area contributed by atoms with Gasteiger partial charge < -0.3 is 9.30 Å². The standard InChI is InChI=1S/C21H17F3N2O3S/c1-2-29-20(28)15-11-26(12-8-9-12)18-14(17(15)27)10-16(21(22,23)24)19(25-18)30-13-6-4-3-5-7-13/h3-7,10-12H,2,8-9H2,1H3. The molecule has 0 aliphatic heterocycles. The molecule has 2 aromatic heterocycles. The normalized spacial score (nSPS) is 14.1. The van der Waals surface area contributed by atoms with Crippen LogP contribution < -0.4 is 5.43 Å². The minimum absolute atomic E-state index is 0.0138. The number of carbonyl (C=O) groups is 1. The Balaban J connectivity index is 1.97. The topological polar surface area (TPSA) is 61.2 Å². The molecule has 5 nitrogen and oxygen atoms in total. The zero-order valence-corrected chi connectivity index (χ0v) is 16.7. The Morgan fingerprint density at radius 1 is 1.27 bits per heavy atom. The average Bonchev–Trinajstić information content (AvgIpc) is 3.53. The first kappa shape index (κ1) is 20.5. The third kappa shape index (κ3) is 3.94. The Morgan fingerprint density at radius 2 is 1.97 bits per heavy atom. The Morgan fingerprint density at radius 3 is 2.57 bits per heavy atom. The smallest absolute Gasteiger partial charge is 0.419 e. The Labute approximate surface area is 173 Å². The van der Waals surface area contributed by atoms with Crippen LogP contribution in [0.3, 0.4) is 0 Å². The van der Waals surface area contributed by atoms with Gasteiger partial charge in [-0.3, -0.25) is 4.79 Å². The van der Waals surface area contributed by atoms with Crippen molar-refractivity contribution >= 4 is 28.8 Å². The molecule has 9 heteroatoms. The molecule has 156 valence electrons. The Bertz CT molecular complexity index is 1170. The fourth-order valence-corrected chi connectivity index (χ4v) is 4.05. The van der Waals surface area contributed by atoms with E-state index in [4.69, 9.17) is 4.74 Å². The van der Waals surface area contributed by atoms with Crippen LogP contribution in [-0.4, -0.2) is 22.1 Å². The van der Waals surface area contributed by atoms with Gasteiger partial charge in [0, 0.05) is 17.1 Å². The first-order valence-electron chi connectivity index (χ1n) is 9.36. The number of hydrogen-bond acceptors (Lipinski definition) is 5. The van der Waals surface area contributed by atoms with E-state index in [-0.39, 0.29) is 34.3 Å². The number of carbonyl (C=O) groups excluding carboxylic acids is 1. The zero-order chi connectivity index (χ0) is 21.5. The van der Waals surface area contributed by atoms with E-state index in [0.29, 0.717) is 4.90 Å². The second kappa shape index (κ2) is 7.79. The summed E-state index contributed by atoms with van der Waals surface area (Å²) < 4.78 is 48.0. The maximum Gasteiger partial charge on any atom is 0.419 e. The van der Waals surface area contributed by atoms with Crippen LogP contribution in [0.4, 0.5) is 13.2 Å². The van der Waals surface area contributed by atoms with Crippen molar-refractivity contribution in [1.82, 2.24) is 9.55 Å². The maximum atomic E-state index is 13.8. The van der Waals surface area contributed by atoms with E-state index in [1.807, 2.05) is 0 Å². The van der Waals surface area contributed by atoms with Gasteiger partial charge in [0.25, 0.3) is 0 Å². The molecular formula is C21H17F3N2O3S. The lowest BCUT2D eigenvalue weighted by molar-refractivity contribution is -0.140. The molecule has 0 amide bonds.